The van der Waals surface area contributed by atoms with Gasteiger partial charge in [0.15, 0.2) is 0 Å². The normalized spacial score (nSPS) is 15.3. The van der Waals surface area contributed by atoms with E-state index in [4.69, 9.17) is 0 Å². The predicted molar refractivity (Wildman–Crippen MR) is 107 cm³/mol. The van der Waals surface area contributed by atoms with E-state index >= 15 is 0 Å². The smallest absolute Gasteiger partial charge is 0.267 e. The number of carbonyl (C=O) groups excluding carboxylic acids is 1. The first-order valence-corrected chi connectivity index (χ1v) is 9.15. The number of hydrogen-bond acceptors (Lipinski definition) is 4. The highest BCUT2D eigenvalue weighted by Crippen LogP contribution is 2.15. The van der Waals surface area contributed by atoms with Crippen LogP contribution in [0, 0.1) is 18.3 Å². The van der Waals surface area contributed by atoms with Gasteiger partial charge in [0.1, 0.15) is 11.6 Å². The van der Waals surface area contributed by atoms with Gasteiger partial charge in [-0.05, 0) is 24.1 Å². The minimum atomic E-state index is -0.362. The third kappa shape index (κ3) is 5.19. The van der Waals surface area contributed by atoms with Gasteiger partial charge < -0.3 is 10.2 Å². The van der Waals surface area contributed by atoms with Crippen LogP contribution in [0.2, 0.25) is 0 Å². The quantitative estimate of drug-likeness (QED) is 0.657. The molecule has 1 aliphatic rings. The van der Waals surface area contributed by atoms with Crippen molar-refractivity contribution in [2.45, 2.75) is 13.5 Å². The van der Waals surface area contributed by atoms with Crippen molar-refractivity contribution >= 4 is 11.6 Å². The molecule has 0 spiro atoms. The van der Waals surface area contributed by atoms with Gasteiger partial charge in [0.25, 0.3) is 5.91 Å². The van der Waals surface area contributed by atoms with Crippen LogP contribution in [-0.2, 0) is 11.3 Å². The van der Waals surface area contributed by atoms with Crippen molar-refractivity contribution in [2.24, 2.45) is 0 Å². The molecule has 1 saturated heterocycles. The molecule has 27 heavy (non-hydrogen) atoms. The number of piperazine rings is 1. The Morgan fingerprint density at radius 2 is 1.74 bits per heavy atom. The van der Waals surface area contributed by atoms with E-state index < -0.39 is 0 Å². The second-order valence-corrected chi connectivity index (χ2v) is 6.72. The highest BCUT2D eigenvalue weighted by atomic mass is 16.1. The molecule has 1 heterocycles. The Kier molecular flexibility index (Phi) is 6.24. The largest absolute Gasteiger partial charge is 0.374 e. The third-order valence-electron chi connectivity index (χ3n) is 4.73. The molecule has 138 valence electrons. The summed E-state index contributed by atoms with van der Waals surface area (Å²) in [5.74, 6) is -0.362. The number of aryl methyl sites for hydroxylation is 1. The second kappa shape index (κ2) is 9.02. The van der Waals surface area contributed by atoms with Gasteiger partial charge in [0.05, 0.1) is 0 Å². The fourth-order valence-electron chi connectivity index (χ4n) is 3.12. The van der Waals surface area contributed by atoms with Gasteiger partial charge in [-0.15, -0.1) is 0 Å². The van der Waals surface area contributed by atoms with E-state index in [1.54, 1.807) is 6.20 Å². The summed E-state index contributed by atoms with van der Waals surface area (Å²) in [4.78, 5) is 16.9. The number of amides is 1. The lowest BCUT2D eigenvalue weighted by atomic mass is 10.2. The highest BCUT2D eigenvalue weighted by Gasteiger charge is 2.17. The van der Waals surface area contributed by atoms with E-state index in [2.05, 4.69) is 39.4 Å². The number of nitrogens with one attached hydrogen (secondary N) is 1. The molecule has 5 nitrogen and oxygen atoms in total. The fourth-order valence-corrected chi connectivity index (χ4v) is 3.12. The maximum atomic E-state index is 12.4. The van der Waals surface area contributed by atoms with E-state index in [-0.39, 0.29) is 11.5 Å². The zero-order valence-electron chi connectivity index (χ0n) is 15.6. The molecule has 0 unspecified atom stereocenters. The van der Waals surface area contributed by atoms with Crippen LogP contribution in [-0.4, -0.2) is 41.9 Å². The summed E-state index contributed by atoms with van der Waals surface area (Å²) in [6.07, 6.45) is 1.69. The molecule has 0 atom stereocenters. The first-order valence-electron chi connectivity index (χ1n) is 9.15. The minimum absolute atomic E-state index is 0.134. The summed E-state index contributed by atoms with van der Waals surface area (Å²) in [7, 11) is 0. The van der Waals surface area contributed by atoms with Crippen molar-refractivity contribution in [3.8, 4) is 6.07 Å². The van der Waals surface area contributed by atoms with E-state index in [9.17, 15) is 10.1 Å². The van der Waals surface area contributed by atoms with Crippen molar-refractivity contribution in [1.29, 1.82) is 5.26 Å². The number of nitriles is 1. The Bertz CT molecular complexity index is 846. The molecule has 3 rings (SSSR count). The zero-order chi connectivity index (χ0) is 19.1. The van der Waals surface area contributed by atoms with Crippen LogP contribution < -0.4 is 5.32 Å². The number of anilines is 1. The van der Waals surface area contributed by atoms with Gasteiger partial charge >= 0.3 is 0 Å². The molecule has 1 amide bonds. The van der Waals surface area contributed by atoms with Crippen molar-refractivity contribution in [3.05, 3.63) is 77.5 Å². The molecular weight excluding hydrogens is 336 g/mol. The molecule has 1 aliphatic heterocycles. The van der Waals surface area contributed by atoms with Crippen molar-refractivity contribution in [2.75, 3.05) is 31.5 Å². The molecule has 0 aliphatic carbocycles. The lowest BCUT2D eigenvalue weighted by Gasteiger charge is -2.34. The average molecular weight is 360 g/mol. The number of hydrogen-bond donors (Lipinski definition) is 1. The van der Waals surface area contributed by atoms with Gasteiger partial charge in [0.2, 0.25) is 0 Å². The van der Waals surface area contributed by atoms with E-state index in [0.717, 1.165) is 44.0 Å². The summed E-state index contributed by atoms with van der Waals surface area (Å²) in [6.45, 7) is 6.27. The number of nitrogens with zero attached hydrogens (tertiary/aromatic N) is 3. The first kappa shape index (κ1) is 18.7. The maximum Gasteiger partial charge on any atom is 0.267 e. The lowest BCUT2D eigenvalue weighted by molar-refractivity contribution is -0.112. The second-order valence-electron chi connectivity index (χ2n) is 6.72. The highest BCUT2D eigenvalue weighted by molar-refractivity contribution is 6.06. The van der Waals surface area contributed by atoms with Gasteiger partial charge in [-0.1, -0.05) is 48.5 Å². The van der Waals surface area contributed by atoms with Crippen LogP contribution in [0.5, 0.6) is 0 Å². The molecule has 0 aromatic heterocycles. The van der Waals surface area contributed by atoms with Gasteiger partial charge in [-0.2, -0.15) is 5.26 Å². The Hall–Kier alpha value is -3.10. The molecule has 0 bridgehead atoms. The number of carbonyl (C=O) groups is 1. The predicted octanol–water partition coefficient (Wildman–Crippen LogP) is 3.16. The van der Waals surface area contributed by atoms with Gasteiger partial charge in [0, 0.05) is 44.6 Å². The van der Waals surface area contributed by atoms with Crippen LogP contribution in [0.3, 0.4) is 0 Å². The van der Waals surface area contributed by atoms with Crippen LogP contribution in [0.15, 0.2) is 66.4 Å². The van der Waals surface area contributed by atoms with Gasteiger partial charge in [-0.3, -0.25) is 9.69 Å². The van der Waals surface area contributed by atoms with Gasteiger partial charge in [-0.25, -0.2) is 0 Å². The summed E-state index contributed by atoms with van der Waals surface area (Å²) < 4.78 is 0. The molecular formula is C22H24N4O. The Morgan fingerprint density at radius 1 is 1.07 bits per heavy atom. The molecule has 0 radical (unpaired) electrons. The molecule has 0 saturated carbocycles. The lowest BCUT2D eigenvalue weighted by Crippen LogP contribution is -2.43. The summed E-state index contributed by atoms with van der Waals surface area (Å²) >= 11 is 0. The fraction of sp³-hybridized carbons (Fsp3) is 0.273. The van der Waals surface area contributed by atoms with E-state index in [1.807, 2.05) is 43.3 Å². The van der Waals surface area contributed by atoms with Crippen molar-refractivity contribution in [1.82, 2.24) is 9.80 Å². The number of rotatable bonds is 5. The summed E-state index contributed by atoms with van der Waals surface area (Å²) in [6, 6.07) is 20.0. The number of benzene rings is 2. The third-order valence-corrected chi connectivity index (χ3v) is 4.73. The number of para-hydroxylation sites is 1. The Balaban J connectivity index is 1.56. The standard InChI is InChI=1S/C22H24N4O/c1-18-7-5-6-10-21(18)24-22(27)20(15-23)17-26-13-11-25(12-14-26)16-19-8-3-2-4-9-19/h2-10,17H,11-14,16H2,1H3,(H,24,27)/b20-17-. The van der Waals surface area contributed by atoms with Crippen molar-refractivity contribution < 1.29 is 4.79 Å². The van der Waals surface area contributed by atoms with Crippen LogP contribution >= 0.6 is 0 Å². The SMILES string of the molecule is Cc1ccccc1NC(=O)/C(C#N)=C\N1CCN(Cc2ccccc2)CC1. The summed E-state index contributed by atoms with van der Waals surface area (Å²) in [5.41, 5.74) is 3.14. The summed E-state index contributed by atoms with van der Waals surface area (Å²) in [5, 5.41) is 12.2. The Labute approximate surface area is 160 Å². The first-order chi connectivity index (χ1) is 13.2. The van der Waals surface area contributed by atoms with Crippen LogP contribution in [0.4, 0.5) is 5.69 Å². The molecule has 1 fully saturated rings. The molecule has 5 heteroatoms. The molecule has 1 N–H and O–H groups in total. The maximum absolute atomic E-state index is 12.4. The minimum Gasteiger partial charge on any atom is -0.374 e. The zero-order valence-corrected chi connectivity index (χ0v) is 15.6. The average Bonchev–Trinajstić information content (AvgIpc) is 2.70. The van der Waals surface area contributed by atoms with E-state index in [0.29, 0.717) is 0 Å². The molecule has 2 aromatic carbocycles. The Morgan fingerprint density at radius 3 is 2.41 bits per heavy atom. The van der Waals surface area contributed by atoms with Crippen LogP contribution in [0.25, 0.3) is 0 Å². The topological polar surface area (TPSA) is 59.4 Å². The molecule has 2 aromatic rings. The van der Waals surface area contributed by atoms with E-state index in [1.165, 1.54) is 5.56 Å². The van der Waals surface area contributed by atoms with Crippen molar-refractivity contribution in [3.63, 3.8) is 0 Å². The van der Waals surface area contributed by atoms with Crippen LogP contribution in [0.1, 0.15) is 11.1 Å². The monoisotopic (exact) mass is 360 g/mol.